The second kappa shape index (κ2) is 30.8. The van der Waals surface area contributed by atoms with Gasteiger partial charge in [-0.25, -0.2) is 23.6 Å². The molecule has 0 spiro atoms. The van der Waals surface area contributed by atoms with Crippen molar-refractivity contribution in [2.75, 3.05) is 28.2 Å². The van der Waals surface area contributed by atoms with Gasteiger partial charge >= 0.3 is 23.9 Å². The molecule has 8 atom stereocenters. The predicted molar refractivity (Wildman–Crippen MR) is 314 cm³/mol. The minimum absolute atomic E-state index is 0.0555. The molecule has 0 N–H and O–H groups in total. The van der Waals surface area contributed by atoms with Gasteiger partial charge in [0.25, 0.3) is 23.6 Å². The number of benzene rings is 2. The van der Waals surface area contributed by atoms with E-state index in [0.717, 1.165) is 48.1 Å². The highest BCUT2D eigenvalue weighted by atomic mass is 19.1. The molecule has 2 aromatic heterocycles. The van der Waals surface area contributed by atoms with Crippen LogP contribution in [-0.2, 0) is 83.0 Å². The van der Waals surface area contributed by atoms with Gasteiger partial charge in [0.15, 0.2) is 24.4 Å². The molecule has 19 heteroatoms. The molecular weight excluding hydrogens is 1080 g/mol. The highest BCUT2D eigenvalue weighted by Gasteiger charge is 2.43. The Hall–Kier alpha value is -7.57. The molecule has 18 nitrogen and oxygen atoms in total. The maximum atomic E-state index is 15.0. The first-order valence-electron chi connectivity index (χ1n) is 29.1. The summed E-state index contributed by atoms with van der Waals surface area (Å²) in [6.45, 7) is 19.4. The fourth-order valence-electron chi connectivity index (χ4n) is 10.2. The maximum Gasteiger partial charge on any atom is 0.329 e. The molecule has 0 saturated carbocycles. The average molecular weight is 1160 g/mol. The fourth-order valence-corrected chi connectivity index (χ4v) is 10.2. The Bertz CT molecular complexity index is 2700. The molecule has 84 heavy (non-hydrogen) atoms. The van der Waals surface area contributed by atoms with Crippen LogP contribution in [0.5, 0.6) is 0 Å². The predicted octanol–water partition coefficient (Wildman–Crippen LogP) is 8.08. The lowest BCUT2D eigenvalue weighted by Crippen LogP contribution is -2.55. The first-order chi connectivity index (χ1) is 39.6. The van der Waals surface area contributed by atoms with Crippen molar-refractivity contribution in [1.29, 1.82) is 0 Å². The van der Waals surface area contributed by atoms with E-state index in [4.69, 9.17) is 18.9 Å². The van der Waals surface area contributed by atoms with Gasteiger partial charge in [0.1, 0.15) is 30.0 Å². The van der Waals surface area contributed by atoms with E-state index >= 15 is 9.59 Å². The number of amides is 4. The number of carbonyl (C=O) groups is 8. The van der Waals surface area contributed by atoms with Gasteiger partial charge in [-0.3, -0.25) is 29.1 Å². The van der Waals surface area contributed by atoms with Gasteiger partial charge in [-0.05, 0) is 128 Å². The number of aromatic nitrogens is 2. The number of rotatable bonds is 16. The summed E-state index contributed by atoms with van der Waals surface area (Å²) in [6.07, 6.45) is 0.792. The minimum Gasteiger partial charge on any atom is -0.451 e. The Morgan fingerprint density at radius 3 is 1.06 bits per heavy atom. The Kier molecular flexibility index (Phi) is 24.7. The molecule has 0 radical (unpaired) electrons. The van der Waals surface area contributed by atoms with Crippen LogP contribution in [0.2, 0.25) is 0 Å². The standard InChI is InChI=1S/C65H87FN6O12/c1-38(2)28-52-62(77)81-44(11)59(74)70(13)55(31-41(7)8)65(80)84-57(35-48-22-18-46(19-23-48)33-50-25-27-68-37-51(50)66)61(76)72(15)53(29-39(3)4)63(78)82-43(10)58(73)69(12)54(30-40(5)6)64(79)83-56(60(75)71(52)14)34-47-20-16-45(17-21-47)32-49-24-26-67-36-42(49)9/h16-27,36-41,43-44,52-57H,28-35H2,1-15H3/t43-,44-,52+,53+,54+,55+,56-,57-/m1/s1. The van der Waals surface area contributed by atoms with Crippen molar-refractivity contribution in [2.45, 2.75) is 176 Å². The van der Waals surface area contributed by atoms with Gasteiger partial charge < -0.3 is 38.5 Å². The van der Waals surface area contributed by atoms with Crippen LogP contribution in [0.4, 0.5) is 4.39 Å². The summed E-state index contributed by atoms with van der Waals surface area (Å²) in [4.78, 5) is 130. The summed E-state index contributed by atoms with van der Waals surface area (Å²) in [5.74, 6) is -8.14. The highest BCUT2D eigenvalue weighted by molar-refractivity contribution is 5.94. The topological polar surface area (TPSA) is 212 Å². The van der Waals surface area contributed by atoms with Crippen molar-refractivity contribution in [3.8, 4) is 0 Å². The SMILES string of the molecule is Cc1cnccc1Cc1ccc(C[C@H]2OC(=O)[C@H](CC(C)C)N(C)C(=O)[C@@H](C)OC(=O)[C@H](CC(C)C)N(C)C(=O)[C@@H](Cc3ccc(Cc4ccncc4F)cc3)OC(=O)[C@H](CC(C)C)N(C)C(=O)[C@@H](C)OC(=O)[C@H](CC(C)C)N(C)C2=O)cc1. The molecule has 456 valence electrons. The molecule has 0 bridgehead atoms. The molecule has 1 aliphatic heterocycles. The Morgan fingerprint density at radius 1 is 0.429 bits per heavy atom. The summed E-state index contributed by atoms with van der Waals surface area (Å²) in [5.41, 5.74) is 5.42. The van der Waals surface area contributed by atoms with Gasteiger partial charge in [-0.15, -0.1) is 0 Å². The van der Waals surface area contributed by atoms with Crippen LogP contribution in [-0.4, -0.2) is 154 Å². The number of carbonyl (C=O) groups excluding carboxylic acids is 8. The van der Waals surface area contributed by atoms with E-state index in [9.17, 15) is 33.2 Å². The van der Waals surface area contributed by atoms with Crippen LogP contribution < -0.4 is 0 Å². The van der Waals surface area contributed by atoms with Crippen LogP contribution >= 0.6 is 0 Å². The Balaban J connectivity index is 1.59. The van der Waals surface area contributed by atoms with Crippen molar-refractivity contribution in [2.24, 2.45) is 23.7 Å². The number of aryl methyl sites for hydroxylation is 1. The molecule has 3 heterocycles. The van der Waals surface area contributed by atoms with Gasteiger partial charge in [-0.2, -0.15) is 0 Å². The largest absolute Gasteiger partial charge is 0.451 e. The molecule has 5 rings (SSSR count). The molecule has 0 aliphatic carbocycles. The third kappa shape index (κ3) is 18.7. The normalized spacial score (nSPS) is 22.6. The number of cyclic esters (lactones) is 4. The lowest BCUT2D eigenvalue weighted by Gasteiger charge is -2.35. The van der Waals surface area contributed by atoms with Crippen LogP contribution in [0.1, 0.15) is 134 Å². The van der Waals surface area contributed by atoms with Crippen molar-refractivity contribution < 1.29 is 61.7 Å². The molecule has 0 unspecified atom stereocenters. The fraction of sp³-hybridized carbons (Fsp3) is 0.538. The number of hydrogen-bond donors (Lipinski definition) is 0. The number of halogens is 1. The molecule has 1 saturated heterocycles. The molecule has 2 aromatic carbocycles. The van der Waals surface area contributed by atoms with E-state index in [-0.39, 0.29) is 68.6 Å². The van der Waals surface area contributed by atoms with Crippen LogP contribution in [0.3, 0.4) is 0 Å². The number of nitrogens with zero attached hydrogens (tertiary/aromatic N) is 6. The van der Waals surface area contributed by atoms with Crippen molar-refractivity contribution in [1.82, 2.24) is 29.6 Å². The van der Waals surface area contributed by atoms with E-state index < -0.39 is 102 Å². The van der Waals surface area contributed by atoms with Crippen LogP contribution in [0, 0.1) is 36.4 Å². The molecular formula is C65H87FN6O12. The average Bonchev–Trinajstić information content (AvgIpc) is 3.66. The molecule has 4 aromatic rings. The van der Waals surface area contributed by atoms with Gasteiger partial charge in [-0.1, -0.05) is 104 Å². The maximum absolute atomic E-state index is 15.0. The second-order valence-corrected chi connectivity index (χ2v) is 24.1. The first-order valence-corrected chi connectivity index (χ1v) is 29.1. The van der Waals surface area contributed by atoms with Gasteiger partial charge in [0, 0.05) is 66.0 Å². The zero-order valence-electron chi connectivity index (χ0n) is 51.6. The Labute approximate surface area is 495 Å². The van der Waals surface area contributed by atoms with E-state index in [1.54, 1.807) is 42.7 Å². The lowest BCUT2D eigenvalue weighted by molar-refractivity contribution is -0.176. The van der Waals surface area contributed by atoms with E-state index in [0.29, 0.717) is 23.1 Å². The molecule has 4 amide bonds. The molecule has 1 fully saturated rings. The summed E-state index contributed by atoms with van der Waals surface area (Å²) in [5, 5.41) is 0. The quantitative estimate of drug-likeness (QED) is 0.0767. The molecule has 1 aliphatic rings. The lowest BCUT2D eigenvalue weighted by atomic mass is 9.98. The smallest absolute Gasteiger partial charge is 0.329 e. The van der Waals surface area contributed by atoms with Gasteiger partial charge in [0.05, 0.1) is 6.20 Å². The summed E-state index contributed by atoms with van der Waals surface area (Å²) < 4.78 is 38.8. The highest BCUT2D eigenvalue weighted by Crippen LogP contribution is 2.26. The van der Waals surface area contributed by atoms with E-state index in [2.05, 4.69) is 9.97 Å². The monoisotopic (exact) mass is 1160 g/mol. The van der Waals surface area contributed by atoms with E-state index in [1.165, 1.54) is 48.2 Å². The second-order valence-electron chi connectivity index (χ2n) is 24.1. The summed E-state index contributed by atoms with van der Waals surface area (Å²) >= 11 is 0. The third-order valence-corrected chi connectivity index (χ3v) is 15.1. The van der Waals surface area contributed by atoms with Crippen molar-refractivity contribution in [3.63, 3.8) is 0 Å². The number of likely N-dealkylation sites (N-methyl/N-ethyl adjacent to an activating group) is 4. The van der Waals surface area contributed by atoms with Crippen LogP contribution in [0.15, 0.2) is 85.5 Å². The Morgan fingerprint density at radius 2 is 0.726 bits per heavy atom. The van der Waals surface area contributed by atoms with Crippen molar-refractivity contribution >= 4 is 47.5 Å². The van der Waals surface area contributed by atoms with Crippen LogP contribution in [0.25, 0.3) is 0 Å². The number of ether oxygens (including phenoxy) is 4. The number of esters is 4. The zero-order valence-corrected chi connectivity index (χ0v) is 51.6. The summed E-state index contributed by atoms with van der Waals surface area (Å²) in [7, 11) is 5.51. The van der Waals surface area contributed by atoms with Gasteiger partial charge in [0.2, 0.25) is 0 Å². The zero-order chi connectivity index (χ0) is 62.3. The van der Waals surface area contributed by atoms with Crippen molar-refractivity contribution in [3.05, 3.63) is 130 Å². The first kappa shape index (κ1) is 67.2. The minimum atomic E-state index is -1.59. The number of pyridine rings is 2. The third-order valence-electron chi connectivity index (χ3n) is 15.1. The number of hydrogen-bond acceptors (Lipinski definition) is 14. The summed E-state index contributed by atoms with van der Waals surface area (Å²) in [6, 6.07) is 12.7. The van der Waals surface area contributed by atoms with E-state index in [1.807, 2.05) is 92.6 Å².